The Labute approximate surface area is 134 Å². The van der Waals surface area contributed by atoms with Crippen LogP contribution in [0.25, 0.3) is 10.1 Å². The first-order chi connectivity index (χ1) is 9.84. The molecule has 2 aromatic rings. The van der Waals surface area contributed by atoms with Gasteiger partial charge in [-0.15, -0.1) is 11.3 Å². The quantitative estimate of drug-likeness (QED) is 0.718. The minimum atomic E-state index is -3.34. The summed E-state index contributed by atoms with van der Waals surface area (Å²) in [5, 5.41) is 3.37. The highest BCUT2D eigenvalue weighted by molar-refractivity contribution is 9.10. The van der Waals surface area contributed by atoms with E-state index in [-0.39, 0.29) is 18.2 Å². The number of nitrogens with two attached hydrogens (primary N) is 1. The van der Waals surface area contributed by atoms with Crippen molar-refractivity contribution in [2.45, 2.75) is 0 Å². The van der Waals surface area contributed by atoms with Crippen molar-refractivity contribution in [3.05, 3.63) is 27.5 Å². The topological polar surface area (TPSA) is 101 Å². The molecule has 6 nitrogen and oxygen atoms in total. The van der Waals surface area contributed by atoms with Gasteiger partial charge >= 0.3 is 0 Å². The van der Waals surface area contributed by atoms with E-state index >= 15 is 0 Å². The number of nitrogen functional groups attached to an aromatic ring is 1. The number of carbonyl (C=O) groups excluding carboxylic acids is 1. The lowest BCUT2D eigenvalue weighted by molar-refractivity contribution is 0.0961. The summed E-state index contributed by atoms with van der Waals surface area (Å²) in [6.45, 7) is 0.0272. The minimum absolute atomic E-state index is 0.0272. The van der Waals surface area contributed by atoms with Crippen LogP contribution in [0.3, 0.4) is 0 Å². The highest BCUT2D eigenvalue weighted by Gasteiger charge is 2.17. The monoisotopic (exact) mass is 391 g/mol. The van der Waals surface area contributed by atoms with E-state index in [1.54, 1.807) is 0 Å². The van der Waals surface area contributed by atoms with Crippen LogP contribution in [0.4, 0.5) is 5.69 Å². The first kappa shape index (κ1) is 16.2. The van der Waals surface area contributed by atoms with Gasteiger partial charge in [0.1, 0.15) is 4.88 Å². The molecule has 1 heterocycles. The third-order valence-electron chi connectivity index (χ3n) is 2.86. The fourth-order valence-electron chi connectivity index (χ4n) is 1.74. The van der Waals surface area contributed by atoms with Crippen LogP contribution in [0.2, 0.25) is 0 Å². The zero-order chi connectivity index (χ0) is 15.6. The molecule has 0 saturated heterocycles. The number of sulfonamides is 1. The third-order valence-corrected chi connectivity index (χ3v) is 5.90. The summed E-state index contributed by atoms with van der Waals surface area (Å²) in [7, 11) is -2.00. The van der Waals surface area contributed by atoms with E-state index in [9.17, 15) is 13.2 Å². The second kappa shape index (κ2) is 6.30. The third kappa shape index (κ3) is 3.73. The smallest absolute Gasteiger partial charge is 0.263 e. The van der Waals surface area contributed by atoms with Crippen LogP contribution < -0.4 is 15.8 Å². The molecule has 1 aromatic heterocycles. The number of anilines is 1. The Hall–Kier alpha value is -1.16. The van der Waals surface area contributed by atoms with Crippen LogP contribution in [0.5, 0.6) is 0 Å². The number of benzene rings is 1. The number of hydrogen-bond donors (Lipinski definition) is 3. The predicted molar refractivity (Wildman–Crippen MR) is 89.1 cm³/mol. The Morgan fingerprint density at radius 3 is 2.81 bits per heavy atom. The zero-order valence-electron chi connectivity index (χ0n) is 11.1. The Balaban J connectivity index is 2.15. The molecule has 0 bridgehead atoms. The Morgan fingerprint density at radius 1 is 1.43 bits per heavy atom. The van der Waals surface area contributed by atoms with Gasteiger partial charge in [0.25, 0.3) is 5.91 Å². The van der Waals surface area contributed by atoms with Crippen molar-refractivity contribution in [1.29, 1.82) is 0 Å². The average Bonchev–Trinajstić information content (AvgIpc) is 2.76. The van der Waals surface area contributed by atoms with Crippen LogP contribution in [-0.4, -0.2) is 33.7 Å². The van der Waals surface area contributed by atoms with E-state index in [4.69, 9.17) is 5.73 Å². The van der Waals surface area contributed by atoms with Crippen molar-refractivity contribution in [1.82, 2.24) is 10.0 Å². The van der Waals surface area contributed by atoms with Gasteiger partial charge in [0.15, 0.2) is 0 Å². The maximum absolute atomic E-state index is 12.1. The molecule has 1 amide bonds. The molecule has 0 radical (unpaired) electrons. The number of hydrogen-bond acceptors (Lipinski definition) is 5. The van der Waals surface area contributed by atoms with Crippen molar-refractivity contribution in [3.63, 3.8) is 0 Å². The van der Waals surface area contributed by atoms with E-state index in [1.165, 1.54) is 18.4 Å². The van der Waals surface area contributed by atoms with Crippen molar-refractivity contribution < 1.29 is 13.2 Å². The number of amides is 1. The zero-order valence-corrected chi connectivity index (χ0v) is 14.4. The minimum Gasteiger partial charge on any atom is -0.397 e. The van der Waals surface area contributed by atoms with E-state index in [0.29, 0.717) is 10.6 Å². The van der Waals surface area contributed by atoms with Gasteiger partial charge in [-0.1, -0.05) is 15.9 Å². The Kier molecular flexibility index (Phi) is 4.87. The van der Waals surface area contributed by atoms with Gasteiger partial charge < -0.3 is 11.1 Å². The lowest BCUT2D eigenvalue weighted by Gasteiger charge is -2.04. The molecule has 0 aliphatic heterocycles. The highest BCUT2D eigenvalue weighted by Crippen LogP contribution is 2.35. The van der Waals surface area contributed by atoms with Crippen LogP contribution >= 0.6 is 27.3 Å². The first-order valence-corrected chi connectivity index (χ1v) is 9.27. The molecule has 21 heavy (non-hydrogen) atoms. The molecule has 0 atom stereocenters. The number of nitrogens with one attached hydrogen (secondary N) is 2. The summed E-state index contributed by atoms with van der Waals surface area (Å²) in [5.41, 5.74) is 6.40. The Morgan fingerprint density at radius 2 is 2.14 bits per heavy atom. The number of halogens is 1. The molecule has 0 fully saturated rings. The van der Waals surface area contributed by atoms with Gasteiger partial charge in [0.05, 0.1) is 11.4 Å². The molecule has 0 aliphatic rings. The SMILES string of the molecule is CNS(=O)(=O)CCNC(=O)c1sc2ccc(Br)cc2c1N. The maximum atomic E-state index is 12.1. The van der Waals surface area contributed by atoms with Gasteiger partial charge in [-0.05, 0) is 25.2 Å². The molecule has 0 aliphatic carbocycles. The van der Waals surface area contributed by atoms with Gasteiger partial charge in [0, 0.05) is 21.1 Å². The molecular formula is C12H14BrN3O3S2. The summed E-state index contributed by atoms with van der Waals surface area (Å²) in [5.74, 6) is -0.540. The summed E-state index contributed by atoms with van der Waals surface area (Å²) in [6.07, 6.45) is 0. The van der Waals surface area contributed by atoms with Crippen molar-refractivity contribution in [2.75, 3.05) is 25.1 Å². The van der Waals surface area contributed by atoms with E-state index in [1.807, 2.05) is 18.2 Å². The number of thiophene rings is 1. The summed E-state index contributed by atoms with van der Waals surface area (Å²) >= 11 is 4.64. The van der Waals surface area contributed by atoms with Crippen LogP contribution in [0.15, 0.2) is 22.7 Å². The van der Waals surface area contributed by atoms with Crippen LogP contribution in [-0.2, 0) is 10.0 Å². The number of rotatable bonds is 5. The molecule has 0 spiro atoms. The first-order valence-electron chi connectivity index (χ1n) is 6.01. The van der Waals surface area contributed by atoms with Crippen molar-refractivity contribution in [3.8, 4) is 0 Å². The largest absolute Gasteiger partial charge is 0.397 e. The van der Waals surface area contributed by atoms with Gasteiger partial charge in [0.2, 0.25) is 10.0 Å². The second-order valence-corrected chi connectivity index (χ2v) is 8.28. The van der Waals surface area contributed by atoms with E-state index < -0.39 is 10.0 Å². The lowest BCUT2D eigenvalue weighted by atomic mass is 10.2. The molecule has 1 aromatic carbocycles. The molecule has 2 rings (SSSR count). The fraction of sp³-hybridized carbons (Fsp3) is 0.250. The summed E-state index contributed by atoms with van der Waals surface area (Å²) < 4.78 is 26.5. The number of carbonyl (C=O) groups is 1. The van der Waals surface area contributed by atoms with Crippen molar-refractivity contribution in [2.24, 2.45) is 0 Å². The molecule has 0 saturated carbocycles. The van der Waals surface area contributed by atoms with Crippen LogP contribution in [0.1, 0.15) is 9.67 Å². The number of fused-ring (bicyclic) bond motifs is 1. The van der Waals surface area contributed by atoms with Crippen LogP contribution in [0, 0.1) is 0 Å². The van der Waals surface area contributed by atoms with E-state index in [2.05, 4.69) is 26.0 Å². The maximum Gasteiger partial charge on any atom is 0.263 e. The normalized spacial score (nSPS) is 11.7. The summed E-state index contributed by atoms with van der Waals surface area (Å²) in [4.78, 5) is 12.5. The highest BCUT2D eigenvalue weighted by atomic mass is 79.9. The molecule has 9 heteroatoms. The van der Waals surface area contributed by atoms with Gasteiger partial charge in [-0.3, -0.25) is 4.79 Å². The lowest BCUT2D eigenvalue weighted by Crippen LogP contribution is -2.32. The standard InChI is InChI=1S/C12H14BrN3O3S2/c1-15-21(18,19)5-4-16-12(17)11-10(14)8-6-7(13)2-3-9(8)20-11/h2-3,6,15H,4-5,14H2,1H3,(H,16,17). The van der Waals surface area contributed by atoms with Crippen molar-refractivity contribution >= 4 is 59.0 Å². The van der Waals surface area contributed by atoms with E-state index in [0.717, 1.165) is 14.6 Å². The van der Waals surface area contributed by atoms with Gasteiger partial charge in [-0.25, -0.2) is 13.1 Å². The second-order valence-electron chi connectivity index (χ2n) is 4.26. The van der Waals surface area contributed by atoms with Gasteiger partial charge in [-0.2, -0.15) is 0 Å². The average molecular weight is 392 g/mol. The molecular weight excluding hydrogens is 378 g/mol. The summed E-state index contributed by atoms with van der Waals surface area (Å²) in [6, 6.07) is 5.60. The molecule has 0 unspecified atom stereocenters. The molecule has 114 valence electrons. The fourth-order valence-corrected chi connectivity index (χ4v) is 3.69. The Bertz CT molecular complexity index is 786. The molecule has 4 N–H and O–H groups in total. The predicted octanol–water partition coefficient (Wildman–Crippen LogP) is 1.52.